The Kier molecular flexibility index (Phi) is 6.99. The highest BCUT2D eigenvalue weighted by molar-refractivity contribution is 9.10. The third kappa shape index (κ3) is 5.71. The summed E-state index contributed by atoms with van der Waals surface area (Å²) in [5.74, 6) is 1.98. The van der Waals surface area contributed by atoms with Gasteiger partial charge in [0.25, 0.3) is 0 Å². The Bertz CT molecular complexity index is 1030. The maximum atomic E-state index is 12.7. The van der Waals surface area contributed by atoms with Crippen LogP contribution in [0.4, 0.5) is 5.69 Å². The normalized spacial score (nSPS) is 15.0. The highest BCUT2D eigenvalue weighted by Crippen LogP contribution is 2.24. The lowest BCUT2D eigenvalue weighted by atomic mass is 9.96. The van der Waals surface area contributed by atoms with Crippen LogP contribution in [0.3, 0.4) is 0 Å². The minimum Gasteiger partial charge on any atom is -0.494 e. The van der Waals surface area contributed by atoms with Gasteiger partial charge in [-0.3, -0.25) is 9.69 Å². The molecule has 162 valence electrons. The van der Waals surface area contributed by atoms with Crippen LogP contribution in [0.5, 0.6) is 5.75 Å². The largest absolute Gasteiger partial charge is 0.494 e. The van der Waals surface area contributed by atoms with E-state index in [4.69, 9.17) is 9.26 Å². The van der Waals surface area contributed by atoms with Gasteiger partial charge >= 0.3 is 0 Å². The van der Waals surface area contributed by atoms with Gasteiger partial charge < -0.3 is 14.6 Å². The van der Waals surface area contributed by atoms with E-state index in [1.165, 1.54) is 0 Å². The first-order valence-corrected chi connectivity index (χ1v) is 11.2. The molecule has 0 bridgehead atoms. The van der Waals surface area contributed by atoms with E-state index >= 15 is 0 Å². The van der Waals surface area contributed by atoms with Crippen molar-refractivity contribution in [2.75, 3.05) is 25.0 Å². The Labute approximate surface area is 189 Å². The minimum atomic E-state index is -0.00749. The van der Waals surface area contributed by atoms with Crippen molar-refractivity contribution in [1.29, 1.82) is 0 Å². The predicted octanol–water partition coefficient (Wildman–Crippen LogP) is 4.75. The fourth-order valence-corrected chi connectivity index (χ4v) is 4.08. The molecule has 1 aliphatic heterocycles. The number of hydrogen-bond donors (Lipinski definition) is 1. The molecule has 2 heterocycles. The molecule has 0 atom stereocenters. The molecule has 4 rings (SSSR count). The second-order valence-corrected chi connectivity index (χ2v) is 8.44. The van der Waals surface area contributed by atoms with Gasteiger partial charge in [-0.15, -0.1) is 0 Å². The van der Waals surface area contributed by atoms with Gasteiger partial charge in [0.15, 0.2) is 0 Å². The van der Waals surface area contributed by atoms with E-state index in [2.05, 4.69) is 36.3 Å². The van der Waals surface area contributed by atoms with Crippen molar-refractivity contribution in [2.45, 2.75) is 26.3 Å². The van der Waals surface area contributed by atoms with E-state index in [1.807, 2.05) is 55.5 Å². The molecule has 0 saturated carbocycles. The van der Waals surface area contributed by atoms with Crippen molar-refractivity contribution < 1.29 is 14.1 Å². The summed E-state index contributed by atoms with van der Waals surface area (Å²) in [6.45, 7) is 4.75. The summed E-state index contributed by atoms with van der Waals surface area (Å²) in [6, 6.07) is 15.3. The van der Waals surface area contributed by atoms with Gasteiger partial charge in [-0.05, 0) is 57.1 Å². The van der Waals surface area contributed by atoms with E-state index in [0.29, 0.717) is 24.9 Å². The number of likely N-dealkylation sites (tertiary alicyclic amines) is 1. The van der Waals surface area contributed by atoms with Gasteiger partial charge in [0.05, 0.1) is 13.2 Å². The second kappa shape index (κ2) is 10.1. The van der Waals surface area contributed by atoms with Crippen LogP contribution in [0, 0.1) is 5.92 Å². The van der Waals surface area contributed by atoms with E-state index in [0.717, 1.165) is 47.4 Å². The van der Waals surface area contributed by atoms with Crippen molar-refractivity contribution >= 4 is 27.5 Å². The minimum absolute atomic E-state index is 0.00749. The first-order valence-electron chi connectivity index (χ1n) is 10.5. The maximum absolute atomic E-state index is 12.7. The summed E-state index contributed by atoms with van der Waals surface area (Å²) < 4.78 is 11.9. The number of halogens is 1. The monoisotopic (exact) mass is 484 g/mol. The van der Waals surface area contributed by atoms with Crippen LogP contribution in [0.1, 0.15) is 25.7 Å². The van der Waals surface area contributed by atoms with Gasteiger partial charge in [0.2, 0.25) is 17.6 Å². The molecule has 0 aliphatic carbocycles. The molecule has 0 unspecified atom stereocenters. The number of amides is 1. The summed E-state index contributed by atoms with van der Waals surface area (Å²) in [4.78, 5) is 19.4. The highest BCUT2D eigenvalue weighted by Gasteiger charge is 2.26. The third-order valence-electron chi connectivity index (χ3n) is 5.28. The zero-order valence-electron chi connectivity index (χ0n) is 17.4. The molecule has 1 aliphatic rings. The number of rotatable bonds is 7. The van der Waals surface area contributed by atoms with Crippen LogP contribution in [0.2, 0.25) is 0 Å². The number of piperidine rings is 1. The first kappa shape index (κ1) is 21.5. The quantitative estimate of drug-likeness (QED) is 0.521. The fourth-order valence-electron chi connectivity index (χ4n) is 3.68. The number of benzene rings is 2. The fraction of sp³-hybridized carbons (Fsp3) is 0.348. The number of nitrogens with zero attached hydrogens (tertiary/aromatic N) is 3. The Morgan fingerprint density at radius 1 is 1.23 bits per heavy atom. The predicted molar refractivity (Wildman–Crippen MR) is 122 cm³/mol. The Morgan fingerprint density at radius 3 is 2.81 bits per heavy atom. The number of hydrogen-bond acceptors (Lipinski definition) is 6. The zero-order valence-corrected chi connectivity index (χ0v) is 19.0. The molecule has 3 aromatic rings. The van der Waals surface area contributed by atoms with Gasteiger partial charge in [0.1, 0.15) is 5.75 Å². The molecule has 0 radical (unpaired) electrons. The van der Waals surface area contributed by atoms with Crippen LogP contribution < -0.4 is 10.1 Å². The molecule has 0 spiro atoms. The molecule has 2 aromatic carbocycles. The van der Waals surface area contributed by atoms with Crippen molar-refractivity contribution in [1.82, 2.24) is 15.0 Å². The number of ether oxygens (including phenoxy) is 1. The lowest BCUT2D eigenvalue weighted by Crippen LogP contribution is -2.37. The number of aromatic nitrogens is 2. The average molecular weight is 485 g/mol. The zero-order chi connectivity index (χ0) is 21.6. The summed E-state index contributed by atoms with van der Waals surface area (Å²) >= 11 is 3.46. The second-order valence-electron chi connectivity index (χ2n) is 7.52. The summed E-state index contributed by atoms with van der Waals surface area (Å²) in [7, 11) is 0. The van der Waals surface area contributed by atoms with Crippen molar-refractivity contribution in [3.8, 4) is 17.1 Å². The van der Waals surface area contributed by atoms with E-state index in [9.17, 15) is 4.79 Å². The smallest absolute Gasteiger partial charge is 0.241 e. The molecule has 1 fully saturated rings. The Hall–Kier alpha value is -2.71. The summed E-state index contributed by atoms with van der Waals surface area (Å²) in [5, 5.41) is 7.11. The average Bonchev–Trinajstić information content (AvgIpc) is 3.23. The molecule has 1 aromatic heterocycles. The molecule has 1 saturated heterocycles. The van der Waals surface area contributed by atoms with Crippen LogP contribution in [-0.4, -0.2) is 40.6 Å². The molecular formula is C23H25BrN4O3. The highest BCUT2D eigenvalue weighted by atomic mass is 79.9. The van der Waals surface area contributed by atoms with Gasteiger partial charge in [-0.2, -0.15) is 4.98 Å². The molecule has 1 amide bonds. The van der Waals surface area contributed by atoms with Crippen molar-refractivity contribution in [3.05, 3.63) is 58.9 Å². The molecule has 31 heavy (non-hydrogen) atoms. The lowest BCUT2D eigenvalue weighted by molar-refractivity contribution is -0.121. The van der Waals surface area contributed by atoms with Gasteiger partial charge in [-0.1, -0.05) is 39.3 Å². The van der Waals surface area contributed by atoms with Crippen LogP contribution >= 0.6 is 15.9 Å². The van der Waals surface area contributed by atoms with Crippen LogP contribution in [-0.2, 0) is 11.3 Å². The SMILES string of the molecule is CCOc1cccc(NC(=O)C2CCN(Cc3nc(-c4cccc(Br)c4)no3)CC2)c1. The summed E-state index contributed by atoms with van der Waals surface area (Å²) in [6.07, 6.45) is 1.59. The van der Waals surface area contributed by atoms with Gasteiger partial charge in [0, 0.05) is 27.7 Å². The third-order valence-corrected chi connectivity index (χ3v) is 5.77. The summed E-state index contributed by atoms with van der Waals surface area (Å²) in [5.41, 5.74) is 1.68. The number of carbonyl (C=O) groups excluding carboxylic acids is 1. The molecule has 7 nitrogen and oxygen atoms in total. The molecular weight excluding hydrogens is 460 g/mol. The van der Waals surface area contributed by atoms with Crippen LogP contribution in [0.15, 0.2) is 57.5 Å². The first-order chi connectivity index (χ1) is 15.1. The standard InChI is InChI=1S/C23H25BrN4O3/c1-2-30-20-8-4-7-19(14-20)25-23(29)16-9-11-28(12-10-16)15-21-26-22(27-31-21)17-5-3-6-18(24)13-17/h3-8,13-14,16H,2,9-12,15H2,1H3,(H,25,29). The van der Waals surface area contributed by atoms with Gasteiger partial charge in [-0.25, -0.2) is 0 Å². The number of anilines is 1. The van der Waals surface area contributed by atoms with E-state index < -0.39 is 0 Å². The number of nitrogens with one attached hydrogen (secondary N) is 1. The van der Waals surface area contributed by atoms with Crippen molar-refractivity contribution in [3.63, 3.8) is 0 Å². The Balaban J connectivity index is 1.28. The topological polar surface area (TPSA) is 80.5 Å². The van der Waals surface area contributed by atoms with E-state index in [1.54, 1.807) is 0 Å². The molecule has 1 N–H and O–H groups in total. The maximum Gasteiger partial charge on any atom is 0.241 e. The lowest BCUT2D eigenvalue weighted by Gasteiger charge is -2.30. The van der Waals surface area contributed by atoms with Crippen LogP contribution in [0.25, 0.3) is 11.4 Å². The Morgan fingerprint density at radius 2 is 2.03 bits per heavy atom. The number of carbonyl (C=O) groups is 1. The van der Waals surface area contributed by atoms with Crippen molar-refractivity contribution in [2.24, 2.45) is 5.92 Å². The van der Waals surface area contributed by atoms with E-state index in [-0.39, 0.29) is 11.8 Å². The molecule has 8 heteroatoms.